The predicted molar refractivity (Wildman–Crippen MR) is 77.3 cm³/mol. The molecule has 1 aromatic rings. The summed E-state index contributed by atoms with van der Waals surface area (Å²) in [6.45, 7) is 2.98. The fourth-order valence-electron chi connectivity index (χ4n) is 1.97. The van der Waals surface area contributed by atoms with Crippen LogP contribution in [0.4, 0.5) is 0 Å². The maximum Gasteiger partial charge on any atom is 0.335 e. The zero-order valence-corrected chi connectivity index (χ0v) is 12.0. The van der Waals surface area contributed by atoms with Gasteiger partial charge in [-0.15, -0.1) is 0 Å². The number of carboxylic acids is 1. The van der Waals surface area contributed by atoms with Crippen molar-refractivity contribution >= 4 is 17.7 Å². The average molecular weight is 267 g/mol. The van der Waals surface area contributed by atoms with Gasteiger partial charge < -0.3 is 5.11 Å². The molecule has 0 aliphatic carbocycles. The van der Waals surface area contributed by atoms with E-state index in [4.69, 9.17) is 5.11 Å². The lowest BCUT2D eigenvalue weighted by atomic mass is 10.1. The van der Waals surface area contributed by atoms with Crippen LogP contribution in [0.3, 0.4) is 0 Å². The van der Waals surface area contributed by atoms with Gasteiger partial charge in [-0.05, 0) is 37.4 Å². The summed E-state index contributed by atoms with van der Waals surface area (Å²) in [5.41, 5.74) is 1.41. The van der Waals surface area contributed by atoms with Crippen molar-refractivity contribution in [3.05, 3.63) is 35.4 Å². The Morgan fingerprint density at radius 1 is 1.50 bits per heavy atom. The van der Waals surface area contributed by atoms with Crippen LogP contribution in [-0.4, -0.2) is 41.1 Å². The lowest BCUT2D eigenvalue weighted by Crippen LogP contribution is -2.32. The van der Waals surface area contributed by atoms with Crippen molar-refractivity contribution in [3.63, 3.8) is 0 Å². The second-order valence-corrected chi connectivity index (χ2v) is 5.35. The van der Waals surface area contributed by atoms with E-state index in [1.54, 1.807) is 12.1 Å². The standard InChI is InChI=1S/C14H21NO2S/c1-4-13(10-18-3)15(2)9-11-6-5-7-12(8-11)14(16)17/h5-8,13H,4,9-10H2,1-3H3,(H,16,17). The van der Waals surface area contributed by atoms with E-state index >= 15 is 0 Å². The zero-order chi connectivity index (χ0) is 13.5. The number of benzene rings is 1. The van der Waals surface area contributed by atoms with E-state index < -0.39 is 5.97 Å². The Labute approximate surface area is 113 Å². The van der Waals surface area contributed by atoms with E-state index in [0.29, 0.717) is 11.6 Å². The number of hydrogen-bond donors (Lipinski definition) is 1. The third kappa shape index (κ3) is 4.35. The molecule has 4 heteroatoms. The second-order valence-electron chi connectivity index (χ2n) is 4.44. The van der Waals surface area contributed by atoms with Crippen molar-refractivity contribution in [2.45, 2.75) is 25.9 Å². The number of hydrogen-bond acceptors (Lipinski definition) is 3. The third-order valence-electron chi connectivity index (χ3n) is 3.06. The summed E-state index contributed by atoms with van der Waals surface area (Å²) in [5, 5.41) is 8.97. The molecule has 100 valence electrons. The first kappa shape index (κ1) is 15.1. The molecule has 1 rings (SSSR count). The topological polar surface area (TPSA) is 40.5 Å². The van der Waals surface area contributed by atoms with Gasteiger partial charge in [0.1, 0.15) is 0 Å². The number of thioether (sulfide) groups is 1. The van der Waals surface area contributed by atoms with Crippen molar-refractivity contribution in [1.82, 2.24) is 4.90 Å². The van der Waals surface area contributed by atoms with Gasteiger partial charge in [0.2, 0.25) is 0 Å². The van der Waals surface area contributed by atoms with Gasteiger partial charge in [-0.25, -0.2) is 4.79 Å². The van der Waals surface area contributed by atoms with Gasteiger partial charge in [-0.2, -0.15) is 11.8 Å². The van der Waals surface area contributed by atoms with Crippen LogP contribution in [0, 0.1) is 0 Å². The van der Waals surface area contributed by atoms with Crippen molar-refractivity contribution in [2.24, 2.45) is 0 Å². The minimum atomic E-state index is -0.865. The highest BCUT2D eigenvalue weighted by Gasteiger charge is 2.13. The van der Waals surface area contributed by atoms with Gasteiger partial charge in [0.15, 0.2) is 0 Å². The maximum atomic E-state index is 10.9. The Bertz CT molecular complexity index is 395. The molecular formula is C14H21NO2S. The summed E-state index contributed by atoms with van der Waals surface area (Å²) in [5.74, 6) is 0.238. The first-order chi connectivity index (χ1) is 8.58. The van der Waals surface area contributed by atoms with Crippen LogP contribution in [0.15, 0.2) is 24.3 Å². The van der Waals surface area contributed by atoms with Gasteiger partial charge >= 0.3 is 5.97 Å². The van der Waals surface area contributed by atoms with Crippen molar-refractivity contribution in [1.29, 1.82) is 0 Å². The molecule has 0 aliphatic heterocycles. The van der Waals surface area contributed by atoms with Crippen LogP contribution in [0.2, 0.25) is 0 Å². The summed E-state index contributed by atoms with van der Waals surface area (Å²) in [6, 6.07) is 7.71. The molecule has 3 nitrogen and oxygen atoms in total. The van der Waals surface area contributed by atoms with Gasteiger partial charge in [0, 0.05) is 18.3 Å². The van der Waals surface area contributed by atoms with Gasteiger partial charge in [0.05, 0.1) is 5.56 Å². The molecule has 0 saturated carbocycles. The van der Waals surface area contributed by atoms with Crippen LogP contribution < -0.4 is 0 Å². The number of carbonyl (C=O) groups is 1. The Morgan fingerprint density at radius 3 is 2.78 bits per heavy atom. The molecule has 0 fully saturated rings. The Kier molecular flexibility index (Phi) is 6.22. The molecule has 0 saturated heterocycles. The van der Waals surface area contributed by atoms with E-state index in [-0.39, 0.29) is 0 Å². The molecule has 0 aromatic heterocycles. The van der Waals surface area contributed by atoms with Crippen LogP contribution in [0.1, 0.15) is 29.3 Å². The lowest BCUT2D eigenvalue weighted by molar-refractivity contribution is 0.0696. The molecule has 0 radical (unpaired) electrons. The Hall–Kier alpha value is -1.00. The average Bonchev–Trinajstić information content (AvgIpc) is 2.36. The number of rotatable bonds is 7. The molecule has 1 unspecified atom stereocenters. The van der Waals surface area contributed by atoms with Gasteiger partial charge in [0.25, 0.3) is 0 Å². The monoisotopic (exact) mass is 267 g/mol. The third-order valence-corrected chi connectivity index (χ3v) is 3.78. The fourth-order valence-corrected chi connectivity index (χ4v) is 2.84. The number of nitrogens with zero attached hydrogens (tertiary/aromatic N) is 1. The Balaban J connectivity index is 2.71. The number of carboxylic acid groups (broad SMARTS) is 1. The quantitative estimate of drug-likeness (QED) is 0.824. The minimum Gasteiger partial charge on any atom is -0.478 e. The van der Waals surface area contributed by atoms with E-state index in [9.17, 15) is 4.79 Å². The summed E-state index contributed by atoms with van der Waals surface area (Å²) in [7, 11) is 2.10. The first-order valence-electron chi connectivity index (χ1n) is 6.09. The van der Waals surface area contributed by atoms with Gasteiger partial charge in [-0.1, -0.05) is 19.1 Å². The SMILES string of the molecule is CCC(CSC)N(C)Cc1cccc(C(=O)O)c1. The van der Waals surface area contributed by atoms with Crippen molar-refractivity contribution in [3.8, 4) is 0 Å². The Morgan fingerprint density at radius 2 is 2.22 bits per heavy atom. The van der Waals surface area contributed by atoms with E-state index in [0.717, 1.165) is 24.3 Å². The summed E-state index contributed by atoms with van der Waals surface area (Å²) in [4.78, 5) is 13.2. The fraction of sp³-hybridized carbons (Fsp3) is 0.500. The van der Waals surface area contributed by atoms with E-state index in [1.807, 2.05) is 23.9 Å². The molecule has 1 atom stereocenters. The maximum absolute atomic E-state index is 10.9. The first-order valence-corrected chi connectivity index (χ1v) is 7.49. The van der Waals surface area contributed by atoms with E-state index in [1.165, 1.54) is 0 Å². The highest BCUT2D eigenvalue weighted by molar-refractivity contribution is 7.98. The second kappa shape index (κ2) is 7.44. The molecule has 0 amide bonds. The summed E-state index contributed by atoms with van der Waals surface area (Å²) >= 11 is 1.85. The molecule has 0 heterocycles. The number of aromatic carboxylic acids is 1. The highest BCUT2D eigenvalue weighted by atomic mass is 32.2. The minimum absolute atomic E-state index is 0.360. The molecule has 1 N–H and O–H groups in total. The van der Waals surface area contributed by atoms with Crippen LogP contribution >= 0.6 is 11.8 Å². The highest BCUT2D eigenvalue weighted by Crippen LogP contribution is 2.13. The predicted octanol–water partition coefficient (Wildman–Crippen LogP) is 2.96. The summed E-state index contributed by atoms with van der Waals surface area (Å²) < 4.78 is 0. The normalized spacial score (nSPS) is 12.7. The largest absolute Gasteiger partial charge is 0.478 e. The smallest absolute Gasteiger partial charge is 0.335 e. The molecule has 18 heavy (non-hydrogen) atoms. The summed E-state index contributed by atoms with van der Waals surface area (Å²) in [6.07, 6.45) is 3.22. The molecule has 0 spiro atoms. The molecule has 0 bridgehead atoms. The zero-order valence-electron chi connectivity index (χ0n) is 11.2. The van der Waals surface area contributed by atoms with E-state index in [2.05, 4.69) is 25.1 Å². The van der Waals surface area contributed by atoms with Crippen LogP contribution in [0.5, 0.6) is 0 Å². The van der Waals surface area contributed by atoms with Crippen molar-refractivity contribution in [2.75, 3.05) is 19.1 Å². The van der Waals surface area contributed by atoms with Crippen LogP contribution in [-0.2, 0) is 6.54 Å². The van der Waals surface area contributed by atoms with Crippen molar-refractivity contribution < 1.29 is 9.90 Å². The molecule has 1 aromatic carbocycles. The molecular weight excluding hydrogens is 246 g/mol. The van der Waals surface area contributed by atoms with Gasteiger partial charge in [-0.3, -0.25) is 4.90 Å². The lowest BCUT2D eigenvalue weighted by Gasteiger charge is -2.26. The van der Waals surface area contributed by atoms with Crippen LogP contribution in [0.25, 0.3) is 0 Å². The molecule has 0 aliphatic rings.